The van der Waals surface area contributed by atoms with Gasteiger partial charge in [-0.2, -0.15) is 0 Å². The highest BCUT2D eigenvalue weighted by Crippen LogP contribution is 2.24. The fourth-order valence-electron chi connectivity index (χ4n) is 2.03. The third kappa shape index (κ3) is 5.25. The lowest BCUT2D eigenvalue weighted by Gasteiger charge is -2.14. The number of halogens is 1. The number of rotatable bonds is 6. The fraction of sp³-hybridized carbons (Fsp3) is 0.400. The third-order valence-electron chi connectivity index (χ3n) is 3.38. The van der Waals surface area contributed by atoms with E-state index in [2.05, 4.69) is 25.8 Å². The second-order valence-corrected chi connectivity index (χ2v) is 4.82. The van der Waals surface area contributed by atoms with Crippen molar-refractivity contribution in [3.63, 3.8) is 0 Å². The van der Waals surface area contributed by atoms with Gasteiger partial charge in [-0.05, 0) is 12.1 Å². The molecule has 0 aliphatic rings. The third-order valence-corrected chi connectivity index (χ3v) is 3.38. The average Bonchev–Trinajstić information content (AvgIpc) is 3.00. The van der Waals surface area contributed by atoms with Crippen molar-refractivity contribution in [1.29, 1.82) is 0 Å². The zero-order valence-electron chi connectivity index (χ0n) is 14.2. The molecule has 2 rings (SSSR count). The molecule has 0 saturated carbocycles. The molecule has 132 valence electrons. The SMILES string of the molecule is CN=C(NCc1ccc(OC)cc1OC)NCc1nncn1C.I. The highest BCUT2D eigenvalue weighted by atomic mass is 127. The first kappa shape index (κ1) is 20.0. The summed E-state index contributed by atoms with van der Waals surface area (Å²) in [5, 5.41) is 14.3. The minimum Gasteiger partial charge on any atom is -0.497 e. The van der Waals surface area contributed by atoms with Crippen LogP contribution in [-0.2, 0) is 20.1 Å². The van der Waals surface area contributed by atoms with Crippen LogP contribution in [0.4, 0.5) is 0 Å². The number of aliphatic imine (C=N–C) groups is 1. The molecule has 0 saturated heterocycles. The van der Waals surface area contributed by atoms with Gasteiger partial charge in [0, 0.05) is 32.3 Å². The van der Waals surface area contributed by atoms with Crippen LogP contribution in [0.3, 0.4) is 0 Å². The molecule has 0 fully saturated rings. The molecule has 0 spiro atoms. The normalized spacial score (nSPS) is 10.8. The maximum absolute atomic E-state index is 5.39. The van der Waals surface area contributed by atoms with Crippen LogP contribution in [0.2, 0.25) is 0 Å². The summed E-state index contributed by atoms with van der Waals surface area (Å²) in [7, 11) is 6.89. The van der Waals surface area contributed by atoms with Crippen LogP contribution in [0.1, 0.15) is 11.4 Å². The van der Waals surface area contributed by atoms with Crippen molar-refractivity contribution in [1.82, 2.24) is 25.4 Å². The second kappa shape index (κ2) is 9.96. The summed E-state index contributed by atoms with van der Waals surface area (Å²) < 4.78 is 12.4. The van der Waals surface area contributed by atoms with Crippen molar-refractivity contribution in [2.45, 2.75) is 13.1 Å². The van der Waals surface area contributed by atoms with E-state index in [0.29, 0.717) is 19.0 Å². The molecule has 0 atom stereocenters. The molecule has 24 heavy (non-hydrogen) atoms. The summed E-state index contributed by atoms with van der Waals surface area (Å²) in [6.45, 7) is 1.11. The molecule has 0 aliphatic heterocycles. The van der Waals surface area contributed by atoms with Crippen LogP contribution in [0.25, 0.3) is 0 Å². The number of aryl methyl sites for hydroxylation is 1. The van der Waals surface area contributed by atoms with Gasteiger partial charge >= 0.3 is 0 Å². The fourth-order valence-corrected chi connectivity index (χ4v) is 2.03. The Morgan fingerprint density at radius 1 is 1.21 bits per heavy atom. The Morgan fingerprint density at radius 3 is 2.54 bits per heavy atom. The molecular formula is C15H23IN6O2. The van der Waals surface area contributed by atoms with E-state index in [1.54, 1.807) is 27.6 Å². The van der Waals surface area contributed by atoms with Gasteiger partial charge in [-0.25, -0.2) is 0 Å². The number of ether oxygens (including phenoxy) is 2. The first-order valence-electron chi connectivity index (χ1n) is 7.16. The zero-order chi connectivity index (χ0) is 16.7. The number of aromatic nitrogens is 3. The van der Waals surface area contributed by atoms with Gasteiger partial charge in [0.25, 0.3) is 0 Å². The zero-order valence-corrected chi connectivity index (χ0v) is 16.6. The van der Waals surface area contributed by atoms with Gasteiger partial charge in [-0.1, -0.05) is 0 Å². The van der Waals surface area contributed by atoms with Crippen LogP contribution in [0.5, 0.6) is 11.5 Å². The van der Waals surface area contributed by atoms with Gasteiger partial charge in [-0.3, -0.25) is 4.99 Å². The molecule has 2 N–H and O–H groups in total. The van der Waals surface area contributed by atoms with Crippen molar-refractivity contribution >= 4 is 29.9 Å². The second-order valence-electron chi connectivity index (χ2n) is 4.82. The Hall–Kier alpha value is -2.04. The molecule has 0 amide bonds. The lowest BCUT2D eigenvalue weighted by molar-refractivity contribution is 0.390. The van der Waals surface area contributed by atoms with Gasteiger partial charge in [0.05, 0.1) is 20.8 Å². The van der Waals surface area contributed by atoms with E-state index in [-0.39, 0.29) is 24.0 Å². The van der Waals surface area contributed by atoms with Gasteiger partial charge in [0.2, 0.25) is 0 Å². The molecule has 0 radical (unpaired) electrons. The van der Waals surface area contributed by atoms with E-state index >= 15 is 0 Å². The van der Waals surface area contributed by atoms with Gasteiger partial charge in [0.1, 0.15) is 17.8 Å². The summed E-state index contributed by atoms with van der Waals surface area (Å²) in [4.78, 5) is 4.19. The van der Waals surface area contributed by atoms with E-state index in [0.717, 1.165) is 22.9 Å². The van der Waals surface area contributed by atoms with Crippen molar-refractivity contribution < 1.29 is 9.47 Å². The lowest BCUT2D eigenvalue weighted by Crippen LogP contribution is -2.37. The molecule has 1 aromatic heterocycles. The molecule has 1 heterocycles. The Labute approximate surface area is 158 Å². The first-order valence-corrected chi connectivity index (χ1v) is 7.16. The number of hydrogen-bond donors (Lipinski definition) is 2. The molecular weight excluding hydrogens is 423 g/mol. The van der Waals surface area contributed by atoms with Crippen LogP contribution in [0.15, 0.2) is 29.5 Å². The number of hydrogen-bond acceptors (Lipinski definition) is 5. The average molecular weight is 446 g/mol. The van der Waals surface area contributed by atoms with Gasteiger partial charge in [0.15, 0.2) is 11.8 Å². The van der Waals surface area contributed by atoms with Crippen molar-refractivity contribution in [3.8, 4) is 11.5 Å². The number of nitrogens with zero attached hydrogens (tertiary/aromatic N) is 4. The maximum Gasteiger partial charge on any atom is 0.191 e. The van der Waals surface area contributed by atoms with Crippen molar-refractivity contribution in [2.24, 2.45) is 12.0 Å². The molecule has 8 nitrogen and oxygen atoms in total. The van der Waals surface area contributed by atoms with E-state index in [1.807, 2.05) is 29.8 Å². The van der Waals surface area contributed by atoms with Crippen molar-refractivity contribution in [3.05, 3.63) is 35.9 Å². The molecule has 0 bridgehead atoms. The highest BCUT2D eigenvalue weighted by Gasteiger charge is 2.07. The summed E-state index contributed by atoms with van der Waals surface area (Å²) in [5.74, 6) is 3.02. The summed E-state index contributed by atoms with van der Waals surface area (Å²) >= 11 is 0. The highest BCUT2D eigenvalue weighted by molar-refractivity contribution is 14.0. The number of nitrogens with one attached hydrogen (secondary N) is 2. The first-order chi connectivity index (χ1) is 11.2. The topological polar surface area (TPSA) is 85.6 Å². The van der Waals surface area contributed by atoms with E-state index in [1.165, 1.54) is 0 Å². The van der Waals surface area contributed by atoms with Crippen LogP contribution < -0.4 is 20.1 Å². The Bertz CT molecular complexity index is 674. The predicted molar refractivity (Wildman–Crippen MR) is 103 cm³/mol. The standard InChI is InChI=1S/C15H22N6O2.HI/c1-16-15(18-9-14-20-19-10-21(14)2)17-8-11-5-6-12(22-3)7-13(11)23-4;/h5-7,10H,8-9H2,1-4H3,(H2,16,17,18);1H. The van der Waals surface area contributed by atoms with E-state index in [9.17, 15) is 0 Å². The Morgan fingerprint density at radius 2 is 1.96 bits per heavy atom. The van der Waals surface area contributed by atoms with Crippen LogP contribution >= 0.6 is 24.0 Å². The van der Waals surface area contributed by atoms with Crippen LogP contribution in [0, 0.1) is 0 Å². The Kier molecular flexibility index (Phi) is 8.30. The Balaban J connectivity index is 0.00000288. The molecule has 1 aromatic carbocycles. The number of guanidine groups is 1. The molecule has 0 aliphatic carbocycles. The minimum absolute atomic E-state index is 0. The summed E-state index contributed by atoms with van der Waals surface area (Å²) in [5.41, 5.74) is 1.01. The van der Waals surface area contributed by atoms with E-state index in [4.69, 9.17) is 9.47 Å². The number of methoxy groups -OCH3 is 2. The minimum atomic E-state index is 0. The summed E-state index contributed by atoms with van der Waals surface area (Å²) in [6, 6.07) is 5.71. The molecule has 9 heteroatoms. The predicted octanol–water partition coefficient (Wildman–Crippen LogP) is 1.32. The van der Waals surface area contributed by atoms with Crippen LogP contribution in [-0.4, -0.2) is 42.0 Å². The molecule has 0 unspecified atom stereocenters. The maximum atomic E-state index is 5.39. The van der Waals surface area contributed by atoms with Gasteiger partial charge < -0.3 is 24.7 Å². The lowest BCUT2D eigenvalue weighted by atomic mass is 10.2. The monoisotopic (exact) mass is 446 g/mol. The molecule has 2 aromatic rings. The largest absolute Gasteiger partial charge is 0.497 e. The number of benzene rings is 1. The van der Waals surface area contributed by atoms with Crippen molar-refractivity contribution in [2.75, 3.05) is 21.3 Å². The quantitative estimate of drug-likeness (QED) is 0.396. The van der Waals surface area contributed by atoms with E-state index < -0.39 is 0 Å². The van der Waals surface area contributed by atoms with Gasteiger partial charge in [-0.15, -0.1) is 34.2 Å². The summed E-state index contributed by atoms with van der Waals surface area (Å²) in [6.07, 6.45) is 1.66. The smallest absolute Gasteiger partial charge is 0.191 e.